The van der Waals surface area contributed by atoms with Gasteiger partial charge in [0.1, 0.15) is 5.01 Å². The number of nitrogens with one attached hydrogen (secondary N) is 2. The lowest BCUT2D eigenvalue weighted by Crippen LogP contribution is -2.38. The zero-order valence-corrected chi connectivity index (χ0v) is 14.6. The molecule has 1 aromatic rings. The molecule has 1 rings (SSSR count). The van der Waals surface area contributed by atoms with E-state index in [9.17, 15) is 0 Å². The van der Waals surface area contributed by atoms with E-state index >= 15 is 0 Å². The summed E-state index contributed by atoms with van der Waals surface area (Å²) in [5.41, 5.74) is 1.15. The van der Waals surface area contributed by atoms with Gasteiger partial charge in [0.25, 0.3) is 0 Å². The second-order valence-corrected chi connectivity index (χ2v) is 6.58. The fraction of sp³-hybridized carbons (Fsp3) is 0.733. The molecule has 0 aliphatic rings. The van der Waals surface area contributed by atoms with E-state index in [2.05, 4.69) is 53.7 Å². The molecule has 0 aliphatic carbocycles. The van der Waals surface area contributed by atoms with Crippen molar-refractivity contribution >= 4 is 17.3 Å². The van der Waals surface area contributed by atoms with Gasteiger partial charge >= 0.3 is 0 Å². The summed E-state index contributed by atoms with van der Waals surface area (Å²) in [6.45, 7) is 11.5. The first-order valence-corrected chi connectivity index (χ1v) is 8.37. The van der Waals surface area contributed by atoms with Gasteiger partial charge in [0.05, 0.1) is 18.8 Å². The number of guanidine groups is 1. The van der Waals surface area contributed by atoms with Crippen LogP contribution in [0, 0.1) is 5.92 Å². The van der Waals surface area contributed by atoms with Crippen LogP contribution in [0.4, 0.5) is 0 Å². The molecule has 0 saturated carbocycles. The van der Waals surface area contributed by atoms with Gasteiger partial charge in [-0.15, -0.1) is 11.3 Å². The molecule has 2 N–H and O–H groups in total. The number of thiazole rings is 1. The fourth-order valence-corrected chi connectivity index (χ4v) is 2.51. The average molecular weight is 312 g/mol. The highest BCUT2D eigenvalue weighted by atomic mass is 32.1. The van der Waals surface area contributed by atoms with Crippen molar-refractivity contribution in [2.45, 2.75) is 40.2 Å². The van der Waals surface area contributed by atoms with Crippen LogP contribution in [0.25, 0.3) is 0 Å². The molecule has 1 heterocycles. The number of ether oxygens (including phenoxy) is 1. The minimum atomic E-state index is 0.477. The summed E-state index contributed by atoms with van der Waals surface area (Å²) in [6.07, 6.45) is 0. The van der Waals surface area contributed by atoms with Gasteiger partial charge < -0.3 is 15.4 Å². The van der Waals surface area contributed by atoms with Crippen molar-refractivity contribution in [3.05, 3.63) is 16.1 Å². The number of rotatable bonds is 8. The molecule has 0 fully saturated rings. The largest absolute Gasteiger partial charge is 0.379 e. The molecule has 1 aromatic heterocycles. The summed E-state index contributed by atoms with van der Waals surface area (Å²) in [6, 6.07) is 0. The van der Waals surface area contributed by atoms with E-state index in [1.165, 1.54) is 0 Å². The van der Waals surface area contributed by atoms with Crippen LogP contribution >= 0.6 is 11.3 Å². The minimum absolute atomic E-state index is 0.477. The van der Waals surface area contributed by atoms with Crippen LogP contribution in [-0.2, 0) is 11.3 Å². The van der Waals surface area contributed by atoms with Gasteiger partial charge in [-0.05, 0) is 11.8 Å². The Hall–Kier alpha value is -1.14. The molecule has 0 unspecified atom stereocenters. The normalized spacial score (nSPS) is 12.2. The lowest BCUT2D eigenvalue weighted by Gasteiger charge is -2.11. The maximum Gasteiger partial charge on any atom is 0.191 e. The van der Waals surface area contributed by atoms with E-state index in [1.807, 2.05) is 0 Å². The molecule has 0 saturated heterocycles. The Labute approximate surface area is 132 Å². The van der Waals surface area contributed by atoms with E-state index in [4.69, 9.17) is 4.74 Å². The van der Waals surface area contributed by atoms with Gasteiger partial charge in [-0.1, -0.05) is 27.7 Å². The Morgan fingerprint density at radius 1 is 1.33 bits per heavy atom. The van der Waals surface area contributed by atoms with Crippen molar-refractivity contribution in [3.63, 3.8) is 0 Å². The van der Waals surface area contributed by atoms with Crippen LogP contribution in [0.2, 0.25) is 0 Å². The Kier molecular flexibility index (Phi) is 8.30. The van der Waals surface area contributed by atoms with Crippen molar-refractivity contribution in [3.8, 4) is 0 Å². The molecule has 0 bridgehead atoms. The molecule has 0 spiro atoms. The number of nitrogens with zero attached hydrogens (tertiary/aromatic N) is 2. The lowest BCUT2D eigenvalue weighted by atomic mass is 10.2. The van der Waals surface area contributed by atoms with E-state index in [1.54, 1.807) is 18.4 Å². The quantitative estimate of drug-likeness (QED) is 0.440. The lowest BCUT2D eigenvalue weighted by molar-refractivity contribution is 0.114. The molecular formula is C15H28N4OS. The van der Waals surface area contributed by atoms with Crippen molar-refractivity contribution in [2.24, 2.45) is 10.9 Å². The molecule has 0 amide bonds. The second-order valence-electron chi connectivity index (χ2n) is 5.64. The monoisotopic (exact) mass is 312 g/mol. The van der Waals surface area contributed by atoms with Crippen molar-refractivity contribution in [1.29, 1.82) is 0 Å². The number of aliphatic imine (C=N–C) groups is 1. The van der Waals surface area contributed by atoms with Crippen molar-refractivity contribution in [1.82, 2.24) is 15.6 Å². The van der Waals surface area contributed by atoms with Crippen LogP contribution in [0.3, 0.4) is 0 Å². The third kappa shape index (κ3) is 7.43. The SMILES string of the molecule is CN=C(NCCOCC(C)C)NCc1nc(C(C)C)cs1. The topological polar surface area (TPSA) is 58.5 Å². The Balaban J connectivity index is 2.24. The number of aromatic nitrogens is 1. The predicted molar refractivity (Wildman–Crippen MR) is 90.1 cm³/mol. The molecule has 0 aliphatic heterocycles. The minimum Gasteiger partial charge on any atom is -0.379 e. The highest BCUT2D eigenvalue weighted by Crippen LogP contribution is 2.17. The van der Waals surface area contributed by atoms with Crippen LogP contribution in [0.15, 0.2) is 10.4 Å². The first kappa shape index (κ1) is 17.9. The summed E-state index contributed by atoms with van der Waals surface area (Å²) in [5, 5.41) is 9.71. The van der Waals surface area contributed by atoms with Gasteiger partial charge in [0.2, 0.25) is 0 Å². The van der Waals surface area contributed by atoms with Crippen LogP contribution in [0.5, 0.6) is 0 Å². The molecule has 6 heteroatoms. The maximum absolute atomic E-state index is 5.53. The Morgan fingerprint density at radius 2 is 2.10 bits per heavy atom. The molecule has 0 atom stereocenters. The first-order chi connectivity index (χ1) is 10.0. The van der Waals surface area contributed by atoms with E-state index in [0.29, 0.717) is 25.0 Å². The highest BCUT2D eigenvalue weighted by Gasteiger charge is 2.06. The standard InChI is InChI=1S/C15H28N4OS/c1-11(2)9-20-7-6-17-15(16-5)18-8-14-19-13(10-21-14)12(3)4/h10-12H,6-9H2,1-5H3,(H2,16,17,18). The summed E-state index contributed by atoms with van der Waals surface area (Å²) < 4.78 is 5.53. The van der Waals surface area contributed by atoms with E-state index in [0.717, 1.165) is 29.8 Å². The number of hydrogen-bond acceptors (Lipinski definition) is 4. The zero-order chi connectivity index (χ0) is 15.7. The third-order valence-electron chi connectivity index (χ3n) is 2.78. The molecular weight excluding hydrogens is 284 g/mol. The van der Waals surface area contributed by atoms with Gasteiger partial charge in [-0.25, -0.2) is 4.98 Å². The maximum atomic E-state index is 5.53. The molecule has 0 aromatic carbocycles. The van der Waals surface area contributed by atoms with Gasteiger partial charge in [-0.3, -0.25) is 4.99 Å². The number of hydrogen-bond donors (Lipinski definition) is 2. The zero-order valence-electron chi connectivity index (χ0n) is 13.8. The van der Waals surface area contributed by atoms with Crippen molar-refractivity contribution in [2.75, 3.05) is 26.8 Å². The average Bonchev–Trinajstić information content (AvgIpc) is 2.90. The molecule has 21 heavy (non-hydrogen) atoms. The predicted octanol–water partition coefficient (Wildman–Crippen LogP) is 2.60. The Morgan fingerprint density at radius 3 is 2.67 bits per heavy atom. The summed E-state index contributed by atoms with van der Waals surface area (Å²) in [4.78, 5) is 8.79. The smallest absolute Gasteiger partial charge is 0.191 e. The van der Waals surface area contributed by atoms with E-state index < -0.39 is 0 Å². The van der Waals surface area contributed by atoms with Gasteiger partial charge in [0, 0.05) is 25.6 Å². The Bertz CT molecular complexity index is 429. The molecule has 0 radical (unpaired) electrons. The summed E-state index contributed by atoms with van der Waals surface area (Å²) in [7, 11) is 1.77. The summed E-state index contributed by atoms with van der Waals surface area (Å²) >= 11 is 1.68. The molecule has 5 nitrogen and oxygen atoms in total. The van der Waals surface area contributed by atoms with Gasteiger partial charge in [-0.2, -0.15) is 0 Å². The third-order valence-corrected chi connectivity index (χ3v) is 3.65. The first-order valence-electron chi connectivity index (χ1n) is 7.49. The van der Waals surface area contributed by atoms with E-state index in [-0.39, 0.29) is 0 Å². The van der Waals surface area contributed by atoms with Crippen LogP contribution in [-0.4, -0.2) is 37.7 Å². The fourth-order valence-electron chi connectivity index (χ4n) is 1.61. The highest BCUT2D eigenvalue weighted by molar-refractivity contribution is 7.09. The van der Waals surface area contributed by atoms with Gasteiger partial charge in [0.15, 0.2) is 5.96 Å². The van der Waals surface area contributed by atoms with Crippen LogP contribution < -0.4 is 10.6 Å². The second kappa shape index (κ2) is 9.73. The molecule has 120 valence electrons. The van der Waals surface area contributed by atoms with Crippen LogP contribution in [0.1, 0.15) is 44.3 Å². The summed E-state index contributed by atoms with van der Waals surface area (Å²) in [5.74, 6) is 1.83. The van der Waals surface area contributed by atoms with Crippen molar-refractivity contribution < 1.29 is 4.74 Å².